The van der Waals surface area contributed by atoms with Gasteiger partial charge in [-0.1, -0.05) is 58.4 Å². The summed E-state index contributed by atoms with van der Waals surface area (Å²) in [5.41, 5.74) is 4.39. The summed E-state index contributed by atoms with van der Waals surface area (Å²) in [6.45, 7) is 3.27. The summed E-state index contributed by atoms with van der Waals surface area (Å²) in [7, 11) is 0. The monoisotopic (exact) mass is 315 g/mol. The zero-order valence-corrected chi connectivity index (χ0v) is 12.6. The van der Waals surface area contributed by atoms with Crippen molar-refractivity contribution in [1.29, 1.82) is 0 Å². The summed E-state index contributed by atoms with van der Waals surface area (Å²) in [5, 5.41) is 0. The molecule has 1 aliphatic heterocycles. The molecule has 0 atom stereocenters. The summed E-state index contributed by atoms with van der Waals surface area (Å²) in [6.07, 6.45) is 2.46. The highest BCUT2D eigenvalue weighted by molar-refractivity contribution is 9.10. The Balaban J connectivity index is 1.78. The first kappa shape index (κ1) is 12.9. The zero-order chi connectivity index (χ0) is 13.1. The van der Waals surface area contributed by atoms with E-state index in [2.05, 4.69) is 69.4 Å². The number of hydrogen-bond acceptors (Lipinski definition) is 1. The van der Waals surface area contributed by atoms with Gasteiger partial charge in [0.1, 0.15) is 0 Å². The van der Waals surface area contributed by atoms with Gasteiger partial charge in [0.15, 0.2) is 0 Å². The molecule has 19 heavy (non-hydrogen) atoms. The van der Waals surface area contributed by atoms with E-state index in [9.17, 15) is 0 Å². The topological polar surface area (TPSA) is 3.24 Å². The van der Waals surface area contributed by atoms with Gasteiger partial charge in [0, 0.05) is 17.6 Å². The molecule has 0 aliphatic carbocycles. The van der Waals surface area contributed by atoms with Crippen LogP contribution in [0, 0.1) is 0 Å². The van der Waals surface area contributed by atoms with Crippen molar-refractivity contribution >= 4 is 15.9 Å². The first-order chi connectivity index (χ1) is 9.33. The number of nitrogens with zero attached hydrogens (tertiary/aromatic N) is 1. The molecule has 0 saturated heterocycles. The number of fused-ring (bicyclic) bond motifs is 1. The summed E-state index contributed by atoms with van der Waals surface area (Å²) in [5.74, 6) is 0. The van der Waals surface area contributed by atoms with E-state index in [1.165, 1.54) is 40.5 Å². The van der Waals surface area contributed by atoms with Crippen LogP contribution in [0.4, 0.5) is 0 Å². The lowest BCUT2D eigenvalue weighted by Gasteiger charge is -2.21. The van der Waals surface area contributed by atoms with Crippen molar-refractivity contribution < 1.29 is 0 Å². The molecule has 3 rings (SSSR count). The highest BCUT2D eigenvalue weighted by atomic mass is 79.9. The Labute approximate surface area is 123 Å². The summed E-state index contributed by atoms with van der Waals surface area (Å²) in [6, 6.07) is 17.4. The van der Waals surface area contributed by atoms with E-state index < -0.39 is 0 Å². The van der Waals surface area contributed by atoms with Crippen LogP contribution in [-0.2, 0) is 19.5 Å². The quantitative estimate of drug-likeness (QED) is 0.794. The molecule has 0 bridgehead atoms. The molecule has 0 fully saturated rings. The van der Waals surface area contributed by atoms with Crippen LogP contribution in [0.5, 0.6) is 0 Å². The number of aryl methyl sites for hydroxylation is 1. The van der Waals surface area contributed by atoms with Crippen LogP contribution in [-0.4, -0.2) is 11.4 Å². The molecule has 2 aromatic carbocycles. The lowest BCUT2D eigenvalue weighted by Crippen LogP contribution is -2.22. The summed E-state index contributed by atoms with van der Waals surface area (Å²) >= 11 is 3.65. The molecule has 1 heterocycles. The predicted octanol–water partition coefficient (Wildman–Crippen LogP) is 4.40. The van der Waals surface area contributed by atoms with Gasteiger partial charge in [0.25, 0.3) is 0 Å². The molecule has 98 valence electrons. The van der Waals surface area contributed by atoms with Crippen LogP contribution >= 0.6 is 15.9 Å². The van der Waals surface area contributed by atoms with Crippen LogP contribution in [0.1, 0.15) is 23.1 Å². The Kier molecular flexibility index (Phi) is 4.00. The van der Waals surface area contributed by atoms with Crippen molar-refractivity contribution in [2.45, 2.75) is 25.9 Å². The number of halogens is 1. The lowest BCUT2D eigenvalue weighted by atomic mass is 10.0. The van der Waals surface area contributed by atoms with Crippen molar-refractivity contribution in [2.24, 2.45) is 0 Å². The maximum atomic E-state index is 3.65. The van der Waals surface area contributed by atoms with Gasteiger partial charge < -0.3 is 0 Å². The molecule has 0 spiro atoms. The van der Waals surface area contributed by atoms with E-state index >= 15 is 0 Å². The normalized spacial score (nSPS) is 15.8. The molecule has 1 aliphatic rings. The van der Waals surface area contributed by atoms with Crippen molar-refractivity contribution in [1.82, 2.24) is 4.90 Å². The third kappa shape index (κ3) is 3.07. The molecule has 2 heteroatoms. The third-order valence-electron chi connectivity index (χ3n) is 3.78. The van der Waals surface area contributed by atoms with Gasteiger partial charge in [0.05, 0.1) is 0 Å². The Hall–Kier alpha value is -1.12. The van der Waals surface area contributed by atoms with Gasteiger partial charge in [-0.3, -0.25) is 4.90 Å². The third-order valence-corrected chi connectivity index (χ3v) is 4.56. The van der Waals surface area contributed by atoms with Gasteiger partial charge in [-0.05, 0) is 42.1 Å². The number of hydrogen-bond donors (Lipinski definition) is 0. The molecule has 2 aromatic rings. The Morgan fingerprint density at radius 3 is 2.53 bits per heavy atom. The van der Waals surface area contributed by atoms with Gasteiger partial charge in [-0.15, -0.1) is 0 Å². The average Bonchev–Trinajstić information content (AvgIpc) is 2.63. The first-order valence-corrected chi connectivity index (χ1v) is 7.65. The first-order valence-electron chi connectivity index (χ1n) is 6.85. The largest absolute Gasteiger partial charge is 0.295 e. The molecule has 0 aromatic heterocycles. The molecule has 0 N–H and O–H groups in total. The van der Waals surface area contributed by atoms with Gasteiger partial charge >= 0.3 is 0 Å². The highest BCUT2D eigenvalue weighted by Gasteiger charge is 2.14. The molecular formula is C17H18BrN. The van der Waals surface area contributed by atoms with Crippen molar-refractivity contribution in [3.8, 4) is 0 Å². The van der Waals surface area contributed by atoms with E-state index in [1.807, 2.05) is 0 Å². The maximum absolute atomic E-state index is 3.65. The average molecular weight is 316 g/mol. The minimum absolute atomic E-state index is 1.02. The van der Waals surface area contributed by atoms with Crippen molar-refractivity contribution in [3.05, 3.63) is 69.7 Å². The van der Waals surface area contributed by atoms with Crippen LogP contribution in [0.3, 0.4) is 0 Å². The Morgan fingerprint density at radius 1 is 0.947 bits per heavy atom. The van der Waals surface area contributed by atoms with E-state index in [1.54, 1.807) is 0 Å². The van der Waals surface area contributed by atoms with Crippen LogP contribution < -0.4 is 0 Å². The SMILES string of the molecule is Brc1ccccc1CN1CCCc2ccccc2C1. The highest BCUT2D eigenvalue weighted by Crippen LogP contribution is 2.22. The minimum Gasteiger partial charge on any atom is -0.295 e. The second-order valence-electron chi connectivity index (χ2n) is 5.17. The fourth-order valence-electron chi connectivity index (χ4n) is 2.77. The van der Waals surface area contributed by atoms with Crippen molar-refractivity contribution in [3.63, 3.8) is 0 Å². The Morgan fingerprint density at radius 2 is 1.68 bits per heavy atom. The summed E-state index contributed by atoms with van der Waals surface area (Å²) < 4.78 is 1.22. The number of benzene rings is 2. The lowest BCUT2D eigenvalue weighted by molar-refractivity contribution is 0.260. The van der Waals surface area contributed by atoms with E-state index in [0.717, 1.165) is 13.1 Å². The second kappa shape index (κ2) is 5.89. The predicted molar refractivity (Wildman–Crippen MR) is 83.0 cm³/mol. The van der Waals surface area contributed by atoms with Crippen LogP contribution in [0.25, 0.3) is 0 Å². The van der Waals surface area contributed by atoms with Gasteiger partial charge in [-0.25, -0.2) is 0 Å². The maximum Gasteiger partial charge on any atom is 0.0248 e. The second-order valence-corrected chi connectivity index (χ2v) is 6.03. The van der Waals surface area contributed by atoms with Gasteiger partial charge in [0.2, 0.25) is 0 Å². The van der Waals surface area contributed by atoms with E-state index in [0.29, 0.717) is 0 Å². The molecule has 1 nitrogen and oxygen atoms in total. The number of rotatable bonds is 2. The molecule has 0 amide bonds. The van der Waals surface area contributed by atoms with Crippen LogP contribution in [0.15, 0.2) is 53.0 Å². The fourth-order valence-corrected chi connectivity index (χ4v) is 3.18. The Bertz CT molecular complexity index is 565. The molecular weight excluding hydrogens is 298 g/mol. The fraction of sp³-hybridized carbons (Fsp3) is 0.294. The molecule has 0 radical (unpaired) electrons. The van der Waals surface area contributed by atoms with E-state index in [4.69, 9.17) is 0 Å². The van der Waals surface area contributed by atoms with E-state index in [-0.39, 0.29) is 0 Å². The van der Waals surface area contributed by atoms with Crippen LogP contribution in [0.2, 0.25) is 0 Å². The standard InChI is InChI=1S/C17H18BrN/c18-17-10-4-3-8-16(17)13-19-11-5-9-14-6-1-2-7-15(14)12-19/h1-4,6-8,10H,5,9,11-13H2. The minimum atomic E-state index is 1.02. The smallest absolute Gasteiger partial charge is 0.0248 e. The van der Waals surface area contributed by atoms with Gasteiger partial charge in [-0.2, -0.15) is 0 Å². The van der Waals surface area contributed by atoms with Crippen molar-refractivity contribution in [2.75, 3.05) is 6.54 Å². The summed E-state index contributed by atoms with van der Waals surface area (Å²) in [4.78, 5) is 2.55. The molecule has 0 saturated carbocycles. The molecule has 0 unspecified atom stereocenters. The zero-order valence-electron chi connectivity index (χ0n) is 11.0.